The van der Waals surface area contributed by atoms with Crippen molar-refractivity contribution in [2.24, 2.45) is 0 Å². The molecule has 0 bridgehead atoms. The summed E-state index contributed by atoms with van der Waals surface area (Å²) in [6.07, 6.45) is 4.50. The van der Waals surface area contributed by atoms with E-state index in [0.717, 1.165) is 5.69 Å². The molecule has 1 amide bonds. The average Bonchev–Trinajstić information content (AvgIpc) is 3.04. The number of H-pyrrole nitrogens is 1. The van der Waals surface area contributed by atoms with E-state index in [4.69, 9.17) is 5.11 Å². The van der Waals surface area contributed by atoms with Gasteiger partial charge in [-0.2, -0.15) is 10.2 Å². The Morgan fingerprint density at radius 1 is 1.47 bits per heavy atom. The summed E-state index contributed by atoms with van der Waals surface area (Å²) in [4.78, 5) is 22.2. The van der Waals surface area contributed by atoms with E-state index < -0.39 is 5.97 Å². The minimum Gasteiger partial charge on any atom is -0.481 e. The molecule has 0 atom stereocenters. The van der Waals surface area contributed by atoms with Crippen LogP contribution in [0.25, 0.3) is 0 Å². The van der Waals surface area contributed by atoms with E-state index in [-0.39, 0.29) is 18.9 Å². The van der Waals surface area contributed by atoms with E-state index in [1.54, 1.807) is 12.3 Å². The molecule has 3 N–H and O–H groups in total. The Morgan fingerprint density at radius 2 is 2.32 bits per heavy atom. The van der Waals surface area contributed by atoms with Crippen molar-refractivity contribution in [3.63, 3.8) is 0 Å². The number of carbonyl (C=O) groups is 2. The lowest BCUT2D eigenvalue weighted by molar-refractivity contribution is -0.137. The second-order valence-electron chi connectivity index (χ2n) is 3.90. The van der Waals surface area contributed by atoms with Crippen LogP contribution in [0.5, 0.6) is 0 Å². The lowest BCUT2D eigenvalue weighted by atomic mass is 10.3. The molecule has 0 aliphatic carbocycles. The standard InChI is InChI=1S/C11H13N5O3/c17-10(18)2-4-16-7-8(5-14-16)11(19)12-6-9-1-3-13-15-9/h1,3,5,7H,2,4,6H2,(H,12,19)(H,13,15)(H,17,18). The van der Waals surface area contributed by atoms with Crippen molar-refractivity contribution in [3.8, 4) is 0 Å². The Balaban J connectivity index is 1.87. The van der Waals surface area contributed by atoms with Crippen LogP contribution in [0, 0.1) is 0 Å². The molecular formula is C11H13N5O3. The van der Waals surface area contributed by atoms with E-state index >= 15 is 0 Å². The van der Waals surface area contributed by atoms with Gasteiger partial charge in [0.15, 0.2) is 0 Å². The third-order valence-electron chi connectivity index (χ3n) is 2.45. The fraction of sp³-hybridized carbons (Fsp3) is 0.273. The van der Waals surface area contributed by atoms with Gasteiger partial charge in [-0.1, -0.05) is 0 Å². The summed E-state index contributed by atoms with van der Waals surface area (Å²) >= 11 is 0. The van der Waals surface area contributed by atoms with E-state index in [2.05, 4.69) is 20.6 Å². The van der Waals surface area contributed by atoms with Crippen molar-refractivity contribution in [2.45, 2.75) is 19.5 Å². The second-order valence-corrected chi connectivity index (χ2v) is 3.90. The van der Waals surface area contributed by atoms with Crippen molar-refractivity contribution in [1.29, 1.82) is 0 Å². The zero-order chi connectivity index (χ0) is 13.7. The number of nitrogens with one attached hydrogen (secondary N) is 2. The smallest absolute Gasteiger partial charge is 0.305 e. The van der Waals surface area contributed by atoms with Gasteiger partial charge in [-0.15, -0.1) is 0 Å². The lowest BCUT2D eigenvalue weighted by Crippen LogP contribution is -2.22. The van der Waals surface area contributed by atoms with E-state index in [1.165, 1.54) is 17.1 Å². The van der Waals surface area contributed by atoms with Gasteiger partial charge in [-0.25, -0.2) is 0 Å². The molecule has 0 saturated carbocycles. The monoisotopic (exact) mass is 263 g/mol. The van der Waals surface area contributed by atoms with Crippen molar-refractivity contribution in [3.05, 3.63) is 35.9 Å². The molecule has 0 radical (unpaired) electrons. The SMILES string of the molecule is O=C(O)CCn1cc(C(=O)NCc2ccn[nH]2)cn1. The molecule has 0 spiro atoms. The maximum atomic E-state index is 11.8. The Hall–Kier alpha value is -2.64. The van der Waals surface area contributed by atoms with E-state index in [0.29, 0.717) is 12.1 Å². The Bertz CT molecular complexity index is 561. The molecule has 2 aromatic rings. The Kier molecular flexibility index (Phi) is 3.91. The molecule has 0 fully saturated rings. The number of nitrogens with zero attached hydrogens (tertiary/aromatic N) is 3. The number of carboxylic acid groups (broad SMARTS) is 1. The summed E-state index contributed by atoms with van der Waals surface area (Å²) in [7, 11) is 0. The first kappa shape index (κ1) is 12.8. The number of hydrogen-bond donors (Lipinski definition) is 3. The number of aromatic amines is 1. The summed E-state index contributed by atoms with van der Waals surface area (Å²) < 4.78 is 1.43. The molecule has 100 valence electrons. The van der Waals surface area contributed by atoms with E-state index in [9.17, 15) is 9.59 Å². The van der Waals surface area contributed by atoms with Crippen LogP contribution in [-0.4, -0.2) is 37.0 Å². The minimum atomic E-state index is -0.902. The number of aryl methyl sites for hydroxylation is 1. The highest BCUT2D eigenvalue weighted by Crippen LogP contribution is 2.00. The van der Waals surface area contributed by atoms with Crippen LogP contribution in [0.15, 0.2) is 24.7 Å². The van der Waals surface area contributed by atoms with Crippen LogP contribution in [0.3, 0.4) is 0 Å². The number of rotatable bonds is 6. The molecular weight excluding hydrogens is 250 g/mol. The summed E-state index contributed by atoms with van der Waals surface area (Å²) in [5.74, 6) is -1.17. The molecule has 2 rings (SSSR count). The third-order valence-corrected chi connectivity index (χ3v) is 2.45. The third kappa shape index (κ3) is 3.66. The van der Waals surface area contributed by atoms with Crippen LogP contribution < -0.4 is 5.32 Å². The van der Waals surface area contributed by atoms with Crippen LogP contribution in [-0.2, 0) is 17.9 Å². The van der Waals surface area contributed by atoms with Crippen LogP contribution in [0.4, 0.5) is 0 Å². The number of hydrogen-bond acceptors (Lipinski definition) is 4. The minimum absolute atomic E-state index is 0.0309. The van der Waals surface area contributed by atoms with Gasteiger partial charge in [0.05, 0.1) is 37.0 Å². The predicted octanol–water partition coefficient (Wildman–Crippen LogP) is 0.0109. The highest BCUT2D eigenvalue weighted by atomic mass is 16.4. The highest BCUT2D eigenvalue weighted by molar-refractivity contribution is 5.93. The Morgan fingerprint density at radius 3 is 3.00 bits per heavy atom. The number of amides is 1. The van der Waals surface area contributed by atoms with Crippen LogP contribution in [0.2, 0.25) is 0 Å². The molecule has 8 nitrogen and oxygen atoms in total. The highest BCUT2D eigenvalue weighted by Gasteiger charge is 2.09. The predicted molar refractivity (Wildman–Crippen MR) is 64.2 cm³/mol. The summed E-state index contributed by atoms with van der Waals surface area (Å²) in [6.45, 7) is 0.586. The lowest BCUT2D eigenvalue weighted by Gasteiger charge is -2.00. The normalized spacial score (nSPS) is 10.3. The van der Waals surface area contributed by atoms with Crippen molar-refractivity contribution in [1.82, 2.24) is 25.3 Å². The molecule has 0 aromatic carbocycles. The van der Waals surface area contributed by atoms with Gasteiger partial charge in [-0.05, 0) is 6.07 Å². The van der Waals surface area contributed by atoms with Crippen molar-refractivity contribution in [2.75, 3.05) is 0 Å². The summed E-state index contributed by atoms with van der Waals surface area (Å²) in [5.41, 5.74) is 1.19. The number of aromatic nitrogens is 4. The maximum Gasteiger partial charge on any atom is 0.305 e. The van der Waals surface area contributed by atoms with Gasteiger partial charge in [0.1, 0.15) is 0 Å². The quantitative estimate of drug-likeness (QED) is 0.679. The number of carboxylic acids is 1. The summed E-state index contributed by atoms with van der Waals surface area (Å²) in [6, 6.07) is 1.76. The van der Waals surface area contributed by atoms with Gasteiger partial charge in [0.25, 0.3) is 5.91 Å². The number of carbonyl (C=O) groups excluding carboxylic acids is 1. The zero-order valence-corrected chi connectivity index (χ0v) is 10.0. The van der Waals surface area contributed by atoms with Crippen LogP contribution >= 0.6 is 0 Å². The largest absolute Gasteiger partial charge is 0.481 e. The molecule has 0 aliphatic rings. The zero-order valence-electron chi connectivity index (χ0n) is 10.0. The second kappa shape index (κ2) is 5.80. The van der Waals surface area contributed by atoms with Gasteiger partial charge in [0.2, 0.25) is 0 Å². The van der Waals surface area contributed by atoms with Gasteiger partial charge >= 0.3 is 5.97 Å². The van der Waals surface area contributed by atoms with Crippen LogP contribution in [0.1, 0.15) is 22.5 Å². The van der Waals surface area contributed by atoms with Gasteiger partial charge in [-0.3, -0.25) is 19.4 Å². The molecule has 0 saturated heterocycles. The molecule has 2 aromatic heterocycles. The topological polar surface area (TPSA) is 113 Å². The maximum absolute atomic E-state index is 11.8. The first-order valence-electron chi connectivity index (χ1n) is 5.66. The van der Waals surface area contributed by atoms with Gasteiger partial charge in [0, 0.05) is 12.4 Å². The Labute approximate surface area is 108 Å². The number of aliphatic carboxylic acids is 1. The summed E-state index contributed by atoms with van der Waals surface area (Å²) in [5, 5.41) is 21.7. The van der Waals surface area contributed by atoms with Crippen molar-refractivity contribution < 1.29 is 14.7 Å². The first-order chi connectivity index (χ1) is 9.15. The first-order valence-corrected chi connectivity index (χ1v) is 5.66. The van der Waals surface area contributed by atoms with Crippen molar-refractivity contribution >= 4 is 11.9 Å². The fourth-order valence-corrected chi connectivity index (χ4v) is 1.47. The van der Waals surface area contributed by atoms with Gasteiger partial charge < -0.3 is 10.4 Å². The average molecular weight is 263 g/mol. The molecule has 8 heteroatoms. The molecule has 0 aliphatic heterocycles. The molecule has 2 heterocycles. The molecule has 19 heavy (non-hydrogen) atoms. The fourth-order valence-electron chi connectivity index (χ4n) is 1.47. The van der Waals surface area contributed by atoms with E-state index in [1.807, 2.05) is 0 Å². The molecule has 0 unspecified atom stereocenters.